The lowest BCUT2D eigenvalue weighted by molar-refractivity contribution is -0.123. The summed E-state index contributed by atoms with van der Waals surface area (Å²) in [7, 11) is 0. The highest BCUT2D eigenvalue weighted by Crippen LogP contribution is 2.26. The minimum Gasteiger partial charge on any atom is -0.488 e. The number of hydrogen-bond acceptors (Lipinski definition) is 3. The van der Waals surface area contributed by atoms with Gasteiger partial charge in [-0.3, -0.25) is 9.59 Å². The van der Waals surface area contributed by atoms with Gasteiger partial charge in [-0.05, 0) is 24.3 Å². The summed E-state index contributed by atoms with van der Waals surface area (Å²) in [6.07, 6.45) is -2.86. The fraction of sp³-hybridized carbons (Fsp3) is 0.158. The van der Waals surface area contributed by atoms with E-state index in [1.165, 1.54) is 18.2 Å². The summed E-state index contributed by atoms with van der Waals surface area (Å²) in [5, 5.41) is 4.35. The van der Waals surface area contributed by atoms with Crippen LogP contribution in [0.2, 0.25) is 0 Å². The van der Waals surface area contributed by atoms with Crippen LogP contribution in [0.4, 0.5) is 18.9 Å². The maximum Gasteiger partial charge on any atom is 0.405 e. The number of rotatable bonds is 4. The number of ether oxygens (including phenoxy) is 1. The average molecular weight is 376 g/mol. The van der Waals surface area contributed by atoms with Gasteiger partial charge < -0.3 is 15.4 Å². The second-order valence-electron chi connectivity index (χ2n) is 5.79. The van der Waals surface area contributed by atoms with Crippen molar-refractivity contribution >= 4 is 23.6 Å². The molecular formula is C19H15F3N2O3. The highest BCUT2D eigenvalue weighted by molar-refractivity contribution is 6.11. The molecule has 0 radical (unpaired) electrons. The summed E-state index contributed by atoms with van der Waals surface area (Å²) in [5.41, 5.74) is 1.12. The topological polar surface area (TPSA) is 67.4 Å². The zero-order valence-corrected chi connectivity index (χ0v) is 14.0. The molecule has 0 aromatic heterocycles. The molecule has 2 aromatic rings. The zero-order chi connectivity index (χ0) is 19.4. The van der Waals surface area contributed by atoms with Crippen LogP contribution in [-0.2, 0) is 4.79 Å². The number of anilines is 1. The van der Waals surface area contributed by atoms with Gasteiger partial charge in [0, 0.05) is 5.56 Å². The molecule has 0 saturated heterocycles. The number of carbonyl (C=O) groups is 2. The number of hydrogen-bond donors (Lipinski definition) is 2. The number of amides is 2. The van der Waals surface area contributed by atoms with Gasteiger partial charge >= 0.3 is 6.18 Å². The molecular weight excluding hydrogens is 361 g/mol. The van der Waals surface area contributed by atoms with Crippen molar-refractivity contribution in [3.63, 3.8) is 0 Å². The summed E-state index contributed by atoms with van der Waals surface area (Å²) in [4.78, 5) is 24.5. The highest BCUT2D eigenvalue weighted by atomic mass is 19.4. The van der Waals surface area contributed by atoms with E-state index in [1.807, 2.05) is 6.07 Å². The van der Waals surface area contributed by atoms with Crippen molar-refractivity contribution in [3.05, 3.63) is 65.2 Å². The molecule has 0 atom stereocenters. The van der Waals surface area contributed by atoms with Crippen molar-refractivity contribution in [2.45, 2.75) is 6.18 Å². The van der Waals surface area contributed by atoms with Crippen LogP contribution in [0.15, 0.2) is 54.1 Å². The van der Waals surface area contributed by atoms with Crippen LogP contribution in [0.5, 0.6) is 5.75 Å². The van der Waals surface area contributed by atoms with Crippen molar-refractivity contribution in [3.8, 4) is 5.75 Å². The number of benzene rings is 2. The highest BCUT2D eigenvalue weighted by Gasteiger charge is 2.28. The van der Waals surface area contributed by atoms with Gasteiger partial charge in [0.2, 0.25) is 0 Å². The third-order valence-electron chi connectivity index (χ3n) is 3.79. The summed E-state index contributed by atoms with van der Waals surface area (Å²) in [5.74, 6) is -0.774. The molecule has 2 amide bonds. The largest absolute Gasteiger partial charge is 0.488 e. The Hall–Kier alpha value is -3.29. The van der Waals surface area contributed by atoms with E-state index >= 15 is 0 Å². The Labute approximate surface area is 152 Å². The normalized spacial score (nSPS) is 13.1. The number of halogens is 3. The van der Waals surface area contributed by atoms with E-state index in [9.17, 15) is 22.8 Å². The van der Waals surface area contributed by atoms with E-state index in [4.69, 9.17) is 4.74 Å². The molecule has 0 bridgehead atoms. The number of para-hydroxylation sites is 2. The molecule has 140 valence electrons. The Balaban J connectivity index is 1.76. The molecule has 0 spiro atoms. The minimum atomic E-state index is -4.52. The molecule has 1 aliphatic heterocycles. The zero-order valence-electron chi connectivity index (χ0n) is 14.0. The minimum absolute atomic E-state index is 0.0469. The third kappa shape index (κ3) is 4.66. The molecule has 2 aromatic carbocycles. The van der Waals surface area contributed by atoms with Gasteiger partial charge in [-0.1, -0.05) is 30.3 Å². The maximum absolute atomic E-state index is 12.5. The molecule has 1 heterocycles. The number of fused-ring (bicyclic) bond motifs is 1. The molecule has 0 unspecified atom stereocenters. The fourth-order valence-electron chi connectivity index (χ4n) is 2.52. The van der Waals surface area contributed by atoms with Crippen LogP contribution in [-0.4, -0.2) is 31.1 Å². The third-order valence-corrected chi connectivity index (χ3v) is 3.79. The molecule has 0 aliphatic carbocycles. The van der Waals surface area contributed by atoms with Crippen LogP contribution in [0.25, 0.3) is 6.08 Å². The quantitative estimate of drug-likeness (QED) is 0.860. The van der Waals surface area contributed by atoms with Crippen LogP contribution < -0.4 is 15.4 Å². The molecule has 1 aliphatic rings. The van der Waals surface area contributed by atoms with Crippen LogP contribution in [0, 0.1) is 0 Å². The summed E-state index contributed by atoms with van der Waals surface area (Å²) in [6.45, 7) is -1.41. The van der Waals surface area contributed by atoms with E-state index < -0.39 is 24.5 Å². The number of alkyl halides is 3. The second kappa shape index (κ2) is 7.53. The predicted octanol–water partition coefficient (Wildman–Crippen LogP) is 3.39. The van der Waals surface area contributed by atoms with E-state index in [0.29, 0.717) is 11.3 Å². The SMILES string of the molecule is O=C(Nc1ccccc1C(=O)NCC(F)(F)F)C1=Cc2ccccc2OC1. The summed E-state index contributed by atoms with van der Waals surface area (Å²) in [6, 6.07) is 13.0. The smallest absolute Gasteiger partial charge is 0.405 e. The van der Waals surface area contributed by atoms with Crippen molar-refractivity contribution < 1.29 is 27.5 Å². The first-order valence-electron chi connectivity index (χ1n) is 8.01. The van der Waals surface area contributed by atoms with Crippen molar-refractivity contribution in [1.82, 2.24) is 5.32 Å². The van der Waals surface area contributed by atoms with Gasteiger partial charge in [0.05, 0.1) is 16.8 Å². The number of carbonyl (C=O) groups excluding carboxylic acids is 2. The van der Waals surface area contributed by atoms with Crippen LogP contribution in [0.1, 0.15) is 15.9 Å². The van der Waals surface area contributed by atoms with Gasteiger partial charge in [-0.25, -0.2) is 0 Å². The van der Waals surface area contributed by atoms with Crippen molar-refractivity contribution in [1.29, 1.82) is 0 Å². The monoisotopic (exact) mass is 376 g/mol. The first-order valence-corrected chi connectivity index (χ1v) is 8.01. The Morgan fingerprint density at radius 2 is 1.70 bits per heavy atom. The molecule has 5 nitrogen and oxygen atoms in total. The van der Waals surface area contributed by atoms with Crippen LogP contribution in [0.3, 0.4) is 0 Å². The summed E-state index contributed by atoms with van der Waals surface area (Å²) < 4.78 is 42.4. The lowest BCUT2D eigenvalue weighted by atomic mass is 10.1. The lowest BCUT2D eigenvalue weighted by Gasteiger charge is -2.18. The molecule has 27 heavy (non-hydrogen) atoms. The lowest BCUT2D eigenvalue weighted by Crippen LogP contribution is -2.34. The van der Waals surface area contributed by atoms with E-state index in [0.717, 1.165) is 5.56 Å². The molecule has 0 saturated carbocycles. The second-order valence-corrected chi connectivity index (χ2v) is 5.79. The van der Waals surface area contributed by atoms with Gasteiger partial charge in [-0.2, -0.15) is 13.2 Å². The molecule has 3 rings (SSSR count). The van der Waals surface area contributed by atoms with E-state index in [1.54, 1.807) is 35.7 Å². The van der Waals surface area contributed by atoms with E-state index in [2.05, 4.69) is 5.32 Å². The first kappa shape index (κ1) is 18.5. The van der Waals surface area contributed by atoms with Gasteiger partial charge in [0.1, 0.15) is 18.9 Å². The molecule has 2 N–H and O–H groups in total. The van der Waals surface area contributed by atoms with Gasteiger partial charge in [0.15, 0.2) is 0 Å². The average Bonchev–Trinajstić information content (AvgIpc) is 2.65. The van der Waals surface area contributed by atoms with Crippen LogP contribution >= 0.6 is 0 Å². The maximum atomic E-state index is 12.5. The standard InChI is InChI=1S/C19H15F3N2O3/c20-19(21,22)11-23-18(26)14-6-2-3-7-15(14)24-17(25)13-9-12-5-1-4-8-16(12)27-10-13/h1-9H,10-11H2,(H,23,26)(H,24,25). The van der Waals surface area contributed by atoms with Crippen molar-refractivity contribution in [2.75, 3.05) is 18.5 Å². The molecule has 0 fully saturated rings. The van der Waals surface area contributed by atoms with Crippen molar-refractivity contribution in [2.24, 2.45) is 0 Å². The Bertz CT molecular complexity index is 907. The first-order chi connectivity index (χ1) is 12.8. The van der Waals surface area contributed by atoms with E-state index in [-0.39, 0.29) is 17.9 Å². The predicted molar refractivity (Wildman–Crippen MR) is 93.4 cm³/mol. The summed E-state index contributed by atoms with van der Waals surface area (Å²) >= 11 is 0. The Morgan fingerprint density at radius 1 is 1.00 bits per heavy atom. The fourth-order valence-corrected chi connectivity index (χ4v) is 2.52. The Morgan fingerprint density at radius 3 is 2.48 bits per heavy atom. The number of nitrogens with one attached hydrogen (secondary N) is 2. The van der Waals surface area contributed by atoms with Gasteiger partial charge in [0.25, 0.3) is 11.8 Å². The van der Waals surface area contributed by atoms with Gasteiger partial charge in [-0.15, -0.1) is 0 Å². The Kier molecular flexibility index (Phi) is 5.16. The molecule has 8 heteroatoms.